The topological polar surface area (TPSA) is 89.2 Å². The normalized spacial score (nSPS) is 21.8. The molecule has 0 aromatic heterocycles. The zero-order valence-electron chi connectivity index (χ0n) is 18.1. The monoisotopic (exact) mass is 478 g/mol. The molecule has 0 spiro atoms. The van der Waals surface area contributed by atoms with Gasteiger partial charge in [-0.15, -0.1) is 0 Å². The van der Waals surface area contributed by atoms with E-state index in [4.69, 9.17) is 27.1 Å². The van der Waals surface area contributed by atoms with Gasteiger partial charge in [0.15, 0.2) is 5.96 Å². The molecule has 33 heavy (non-hydrogen) atoms. The predicted molar refractivity (Wildman–Crippen MR) is 122 cm³/mol. The van der Waals surface area contributed by atoms with Crippen molar-refractivity contribution in [2.45, 2.75) is 44.4 Å². The van der Waals surface area contributed by atoms with E-state index in [2.05, 4.69) is 10.1 Å². The van der Waals surface area contributed by atoms with Crippen molar-refractivity contribution < 1.29 is 23.0 Å². The number of nitrogens with two attached hydrogens (primary N) is 1. The first-order valence-electron chi connectivity index (χ1n) is 10.6. The maximum Gasteiger partial charge on any atom is 0.387 e. The summed E-state index contributed by atoms with van der Waals surface area (Å²) in [4.78, 5) is 19.4. The van der Waals surface area contributed by atoms with Crippen LogP contribution in [0.2, 0.25) is 5.02 Å². The number of aliphatic imine (C=N–C) groups is 1. The maximum absolute atomic E-state index is 13.1. The number of alkyl halides is 2. The summed E-state index contributed by atoms with van der Waals surface area (Å²) >= 11 is 6.72. The van der Waals surface area contributed by atoms with Crippen molar-refractivity contribution in [1.29, 1.82) is 0 Å². The van der Waals surface area contributed by atoms with Crippen LogP contribution in [0.3, 0.4) is 0 Å². The van der Waals surface area contributed by atoms with Crippen LogP contribution in [0.5, 0.6) is 5.75 Å². The molecule has 0 aliphatic carbocycles. The lowest BCUT2D eigenvalue weighted by molar-refractivity contribution is -0.132. The molecule has 176 valence electrons. The van der Waals surface area contributed by atoms with Crippen molar-refractivity contribution in [3.8, 4) is 5.75 Å². The van der Waals surface area contributed by atoms with Crippen LogP contribution < -0.4 is 15.8 Å². The average molecular weight is 479 g/mol. The number of nitrogens with zero attached hydrogens (tertiary/aromatic N) is 2. The van der Waals surface area contributed by atoms with Crippen LogP contribution in [0.4, 0.5) is 20.2 Å². The van der Waals surface area contributed by atoms with E-state index in [1.54, 1.807) is 23.1 Å². The summed E-state index contributed by atoms with van der Waals surface area (Å²) in [6.07, 6.45) is 1.58. The molecule has 4 rings (SSSR count). The zero-order valence-corrected chi connectivity index (χ0v) is 18.8. The molecule has 7 nitrogen and oxygen atoms in total. The van der Waals surface area contributed by atoms with Crippen molar-refractivity contribution >= 4 is 34.8 Å². The highest BCUT2D eigenvalue weighted by molar-refractivity contribution is 6.34. The van der Waals surface area contributed by atoms with E-state index in [-0.39, 0.29) is 30.1 Å². The Kier molecular flexibility index (Phi) is 6.71. The second kappa shape index (κ2) is 9.52. The summed E-state index contributed by atoms with van der Waals surface area (Å²) in [5.41, 5.74) is 7.22. The number of benzene rings is 2. The van der Waals surface area contributed by atoms with Gasteiger partial charge in [0.1, 0.15) is 5.75 Å². The van der Waals surface area contributed by atoms with Gasteiger partial charge < -0.3 is 20.5 Å². The van der Waals surface area contributed by atoms with Crippen molar-refractivity contribution in [3.05, 3.63) is 53.1 Å². The summed E-state index contributed by atoms with van der Waals surface area (Å²) < 4.78 is 34.5. The fourth-order valence-electron chi connectivity index (χ4n) is 4.26. The van der Waals surface area contributed by atoms with E-state index in [9.17, 15) is 13.6 Å². The van der Waals surface area contributed by atoms with Crippen LogP contribution in [-0.4, -0.2) is 42.6 Å². The van der Waals surface area contributed by atoms with Crippen LogP contribution in [-0.2, 0) is 15.1 Å². The number of carbonyl (C=O) groups excluding carboxylic acids is 1. The van der Waals surface area contributed by atoms with Crippen LogP contribution in [0.15, 0.2) is 47.5 Å². The van der Waals surface area contributed by atoms with Crippen LogP contribution in [0.1, 0.15) is 31.7 Å². The van der Waals surface area contributed by atoms with Gasteiger partial charge in [-0.25, -0.2) is 4.99 Å². The zero-order chi connectivity index (χ0) is 23.6. The maximum atomic E-state index is 13.1. The minimum Gasteiger partial charge on any atom is -0.435 e. The Morgan fingerprint density at radius 2 is 1.94 bits per heavy atom. The summed E-state index contributed by atoms with van der Waals surface area (Å²) in [7, 11) is 0. The van der Waals surface area contributed by atoms with Gasteiger partial charge in [-0.05, 0) is 50.1 Å². The number of hydrogen-bond donors (Lipinski definition) is 2. The average Bonchev–Trinajstić information content (AvgIpc) is 2.76. The van der Waals surface area contributed by atoms with Gasteiger partial charge in [0.2, 0.25) is 5.91 Å². The number of guanidine groups is 1. The minimum atomic E-state index is -2.88. The number of halogens is 3. The Bertz CT molecular complexity index is 1040. The quantitative estimate of drug-likeness (QED) is 0.632. The molecule has 0 unspecified atom stereocenters. The molecule has 1 fully saturated rings. The first-order chi connectivity index (χ1) is 15.8. The lowest BCUT2D eigenvalue weighted by Gasteiger charge is -2.40. The molecule has 10 heteroatoms. The van der Waals surface area contributed by atoms with Gasteiger partial charge >= 0.3 is 6.61 Å². The van der Waals surface area contributed by atoms with E-state index in [0.717, 1.165) is 12.8 Å². The first kappa shape index (κ1) is 23.3. The lowest BCUT2D eigenvalue weighted by atomic mass is 9.86. The van der Waals surface area contributed by atoms with E-state index < -0.39 is 12.2 Å². The predicted octanol–water partition coefficient (Wildman–Crippen LogP) is 4.63. The van der Waals surface area contributed by atoms with Crippen molar-refractivity contribution in [3.63, 3.8) is 0 Å². The molecule has 0 bridgehead atoms. The van der Waals surface area contributed by atoms with E-state index >= 15 is 0 Å². The van der Waals surface area contributed by atoms with Crippen LogP contribution >= 0.6 is 11.6 Å². The summed E-state index contributed by atoms with van der Waals surface area (Å²) in [6.45, 7) is 0.131. The number of ether oxygens (including phenoxy) is 2. The molecule has 2 aromatic rings. The summed E-state index contributed by atoms with van der Waals surface area (Å²) in [6, 6.07) is 11.5. The molecule has 0 radical (unpaired) electrons. The molecule has 2 aliphatic heterocycles. The largest absolute Gasteiger partial charge is 0.435 e. The number of rotatable bonds is 6. The van der Waals surface area contributed by atoms with Gasteiger partial charge in [0, 0.05) is 30.5 Å². The van der Waals surface area contributed by atoms with Crippen LogP contribution in [0, 0.1) is 0 Å². The summed E-state index contributed by atoms with van der Waals surface area (Å²) in [5, 5.41) is 3.57. The number of carbonyl (C=O) groups is 1. The standard InChI is InChI=1S/C23H25ClF2N4O3/c1-23(13-19(31)30(22(27)29-23)15-9-11-32-12-10-15)17-3-2-4-18(20(17)24)28-14-5-7-16(8-6-14)33-21(25)26/h2-8,15,21,28H,9-13H2,1H3,(H2,27,29)/t23-/m0/s1. The molecule has 0 saturated carbocycles. The van der Waals surface area contributed by atoms with Crippen molar-refractivity contribution in [1.82, 2.24) is 4.90 Å². The third-order valence-corrected chi connectivity index (χ3v) is 6.27. The van der Waals surface area contributed by atoms with Gasteiger partial charge in [-0.3, -0.25) is 9.69 Å². The molecule has 3 N–H and O–H groups in total. The number of nitrogens with one attached hydrogen (secondary N) is 1. The van der Waals surface area contributed by atoms with Gasteiger partial charge in [-0.1, -0.05) is 23.7 Å². The number of amides is 1. The Morgan fingerprint density at radius 1 is 1.24 bits per heavy atom. The van der Waals surface area contributed by atoms with Crippen molar-refractivity contribution in [2.24, 2.45) is 10.7 Å². The molecule has 1 saturated heterocycles. The van der Waals surface area contributed by atoms with Crippen molar-refractivity contribution in [2.75, 3.05) is 18.5 Å². The molecule has 1 atom stereocenters. The highest BCUT2D eigenvalue weighted by Gasteiger charge is 2.41. The number of hydrogen-bond acceptors (Lipinski definition) is 6. The highest BCUT2D eigenvalue weighted by Crippen LogP contribution is 2.41. The van der Waals surface area contributed by atoms with E-state index in [0.29, 0.717) is 35.2 Å². The molecule has 2 aliphatic rings. The van der Waals surface area contributed by atoms with Gasteiger partial charge in [-0.2, -0.15) is 8.78 Å². The molecular weight excluding hydrogens is 454 g/mol. The smallest absolute Gasteiger partial charge is 0.387 e. The second-order valence-electron chi connectivity index (χ2n) is 8.22. The van der Waals surface area contributed by atoms with E-state index in [1.807, 2.05) is 19.1 Å². The molecule has 1 amide bonds. The summed E-state index contributed by atoms with van der Waals surface area (Å²) in [5.74, 6) is 0.146. The Balaban J connectivity index is 1.57. The third kappa shape index (κ3) is 5.04. The van der Waals surface area contributed by atoms with Gasteiger partial charge in [0.25, 0.3) is 0 Å². The fraction of sp³-hybridized carbons (Fsp3) is 0.391. The SMILES string of the molecule is C[C@@]1(c2cccc(Nc3ccc(OC(F)F)cc3)c2Cl)CC(=O)N(C2CCOCC2)C(N)=N1. The minimum absolute atomic E-state index is 0.0138. The second-order valence-corrected chi connectivity index (χ2v) is 8.60. The molecular formula is C23H25ClF2N4O3. The Hall–Kier alpha value is -2.91. The third-order valence-electron chi connectivity index (χ3n) is 5.87. The fourth-order valence-corrected chi connectivity index (χ4v) is 4.64. The first-order valence-corrected chi connectivity index (χ1v) is 11.0. The molecule has 2 heterocycles. The Labute approximate surface area is 195 Å². The lowest BCUT2D eigenvalue weighted by Crippen LogP contribution is -2.55. The Morgan fingerprint density at radius 3 is 2.58 bits per heavy atom. The highest BCUT2D eigenvalue weighted by atomic mass is 35.5. The van der Waals surface area contributed by atoms with E-state index in [1.165, 1.54) is 12.1 Å². The molecule has 2 aromatic carbocycles. The van der Waals surface area contributed by atoms with Crippen LogP contribution in [0.25, 0.3) is 0 Å². The number of anilines is 2. The van der Waals surface area contributed by atoms with Gasteiger partial charge in [0.05, 0.1) is 22.7 Å².